The lowest BCUT2D eigenvalue weighted by atomic mass is 9.72. The molecule has 2 aromatic carbocycles. The number of halogens is 2. The fraction of sp³-hybridized carbons (Fsp3) is 0.385. The predicted molar refractivity (Wildman–Crippen MR) is 127 cm³/mol. The Morgan fingerprint density at radius 2 is 1.94 bits per heavy atom. The van der Waals surface area contributed by atoms with Crippen molar-refractivity contribution in [3.8, 4) is 0 Å². The molecular formula is C26H27ClFN3O. The fourth-order valence-corrected chi connectivity index (χ4v) is 5.55. The fourth-order valence-electron chi connectivity index (χ4n) is 5.32. The maximum atomic E-state index is 13.9. The average Bonchev–Trinajstić information content (AvgIpc) is 2.75. The van der Waals surface area contributed by atoms with E-state index in [1.54, 1.807) is 12.1 Å². The van der Waals surface area contributed by atoms with Crippen LogP contribution in [0.3, 0.4) is 0 Å². The molecule has 1 amide bonds. The van der Waals surface area contributed by atoms with Gasteiger partial charge in [-0.25, -0.2) is 4.39 Å². The maximum Gasteiger partial charge on any atom is 0.244 e. The predicted octanol–water partition coefficient (Wildman–Crippen LogP) is 6.08. The van der Waals surface area contributed by atoms with E-state index in [0.29, 0.717) is 10.9 Å². The summed E-state index contributed by atoms with van der Waals surface area (Å²) in [4.78, 5) is 20.1. The number of carbonyl (C=O) groups is 1. The van der Waals surface area contributed by atoms with Gasteiger partial charge in [0.2, 0.25) is 5.91 Å². The highest BCUT2D eigenvalue weighted by atomic mass is 35.5. The first-order valence-corrected chi connectivity index (χ1v) is 11.7. The molecule has 1 aromatic heterocycles. The number of hydrogen-bond acceptors (Lipinski definition) is 3. The molecule has 32 heavy (non-hydrogen) atoms. The van der Waals surface area contributed by atoms with Crippen molar-refractivity contribution in [1.29, 1.82) is 0 Å². The van der Waals surface area contributed by atoms with E-state index >= 15 is 0 Å². The van der Waals surface area contributed by atoms with Gasteiger partial charge in [0.05, 0.1) is 5.52 Å². The van der Waals surface area contributed by atoms with Crippen LogP contribution in [0.15, 0.2) is 48.7 Å². The molecule has 0 atom stereocenters. The minimum absolute atomic E-state index is 0.0871. The van der Waals surface area contributed by atoms with E-state index in [2.05, 4.69) is 15.2 Å². The summed E-state index contributed by atoms with van der Waals surface area (Å²) in [5.41, 5.74) is 3.36. The van der Waals surface area contributed by atoms with Gasteiger partial charge in [-0.05, 0) is 112 Å². The molecule has 2 heterocycles. The summed E-state index contributed by atoms with van der Waals surface area (Å²) < 4.78 is 13.9. The van der Waals surface area contributed by atoms with Gasteiger partial charge in [-0.2, -0.15) is 0 Å². The number of hydrogen-bond donors (Lipinski definition) is 1. The maximum absolute atomic E-state index is 13.9. The van der Waals surface area contributed by atoms with Gasteiger partial charge >= 0.3 is 0 Å². The molecule has 166 valence electrons. The zero-order valence-electron chi connectivity index (χ0n) is 18.2. The minimum atomic E-state index is -0.427. The molecular weight excluding hydrogens is 425 g/mol. The van der Waals surface area contributed by atoms with E-state index in [0.717, 1.165) is 72.9 Å². The van der Waals surface area contributed by atoms with Gasteiger partial charge in [0.25, 0.3) is 0 Å². The Balaban J connectivity index is 1.32. The van der Waals surface area contributed by atoms with Crippen molar-refractivity contribution < 1.29 is 9.18 Å². The first kappa shape index (κ1) is 21.4. The second-order valence-corrected chi connectivity index (χ2v) is 9.56. The van der Waals surface area contributed by atoms with Crippen LogP contribution < -0.4 is 5.32 Å². The summed E-state index contributed by atoms with van der Waals surface area (Å²) in [5, 5.41) is 4.74. The van der Waals surface area contributed by atoms with E-state index in [1.807, 2.05) is 37.4 Å². The van der Waals surface area contributed by atoms with Gasteiger partial charge in [0.1, 0.15) is 11.4 Å². The van der Waals surface area contributed by atoms with Crippen molar-refractivity contribution >= 4 is 34.1 Å². The molecule has 1 saturated carbocycles. The molecule has 1 saturated heterocycles. The summed E-state index contributed by atoms with van der Waals surface area (Å²) in [6.07, 6.45) is 6.56. The highest BCUT2D eigenvalue weighted by molar-refractivity contribution is 6.30. The molecule has 0 bridgehead atoms. The topological polar surface area (TPSA) is 45.2 Å². The lowest BCUT2D eigenvalue weighted by Crippen LogP contribution is -2.62. The lowest BCUT2D eigenvalue weighted by Gasteiger charge is -2.51. The molecule has 5 rings (SSSR count). The third-order valence-corrected chi connectivity index (χ3v) is 7.55. The third-order valence-electron chi connectivity index (χ3n) is 7.32. The number of nitrogens with zero attached hydrogens (tertiary/aromatic N) is 2. The number of aryl methyl sites for hydroxylation is 1. The zero-order chi connectivity index (χ0) is 22.3. The van der Waals surface area contributed by atoms with Crippen LogP contribution in [-0.4, -0.2) is 34.4 Å². The Labute approximate surface area is 192 Å². The summed E-state index contributed by atoms with van der Waals surface area (Å²) in [5.74, 6) is 0.202. The van der Waals surface area contributed by atoms with E-state index in [1.165, 1.54) is 6.07 Å². The Morgan fingerprint density at radius 1 is 1.16 bits per heavy atom. The first-order chi connectivity index (χ1) is 15.5. The number of pyridine rings is 1. The van der Waals surface area contributed by atoms with Crippen molar-refractivity contribution in [2.45, 2.75) is 50.5 Å². The van der Waals surface area contributed by atoms with Crippen LogP contribution >= 0.6 is 11.6 Å². The van der Waals surface area contributed by atoms with Crippen molar-refractivity contribution in [2.75, 3.05) is 18.4 Å². The van der Waals surface area contributed by atoms with Gasteiger partial charge in [-0.15, -0.1) is 0 Å². The number of anilines is 1. The summed E-state index contributed by atoms with van der Waals surface area (Å²) in [7, 11) is 0. The highest BCUT2D eigenvalue weighted by Gasteiger charge is 2.49. The number of carbonyl (C=O) groups excluding carboxylic acids is 1. The average molecular weight is 452 g/mol. The van der Waals surface area contributed by atoms with Gasteiger partial charge < -0.3 is 5.32 Å². The van der Waals surface area contributed by atoms with Crippen LogP contribution in [0.5, 0.6) is 0 Å². The number of rotatable bonds is 4. The molecule has 1 N–H and O–H groups in total. The molecule has 1 aliphatic carbocycles. The van der Waals surface area contributed by atoms with Crippen LogP contribution in [0.2, 0.25) is 5.02 Å². The van der Waals surface area contributed by atoms with Gasteiger partial charge in [-0.3, -0.25) is 14.7 Å². The smallest absolute Gasteiger partial charge is 0.244 e. The highest BCUT2D eigenvalue weighted by Crippen LogP contribution is 2.43. The van der Waals surface area contributed by atoms with Crippen molar-refractivity contribution in [1.82, 2.24) is 9.88 Å². The van der Waals surface area contributed by atoms with E-state index in [4.69, 9.17) is 11.6 Å². The van der Waals surface area contributed by atoms with Crippen LogP contribution in [0.4, 0.5) is 10.1 Å². The van der Waals surface area contributed by atoms with E-state index < -0.39 is 5.54 Å². The van der Waals surface area contributed by atoms with Crippen LogP contribution in [-0.2, 0) is 4.79 Å². The van der Waals surface area contributed by atoms with Crippen molar-refractivity contribution in [2.24, 2.45) is 0 Å². The Kier molecular flexibility index (Phi) is 5.64. The van der Waals surface area contributed by atoms with Crippen molar-refractivity contribution in [3.63, 3.8) is 0 Å². The number of amides is 1. The van der Waals surface area contributed by atoms with Gasteiger partial charge in [0.15, 0.2) is 0 Å². The summed E-state index contributed by atoms with van der Waals surface area (Å²) in [6.45, 7) is 3.68. The van der Waals surface area contributed by atoms with Crippen molar-refractivity contribution in [3.05, 3.63) is 70.6 Å². The summed E-state index contributed by atoms with van der Waals surface area (Å²) in [6, 6.07) is 12.4. The largest absolute Gasteiger partial charge is 0.324 e. The number of benzene rings is 2. The number of aromatic nitrogens is 1. The molecule has 6 heteroatoms. The monoisotopic (exact) mass is 451 g/mol. The SMILES string of the molecule is Cc1cc(Cl)ccc1NC(=O)C1(N2CCC(c3ccnc4ccc(F)cc34)CC2)CCC1. The number of piperidine rings is 1. The minimum Gasteiger partial charge on any atom is -0.324 e. The Morgan fingerprint density at radius 3 is 2.62 bits per heavy atom. The Bertz CT molecular complexity index is 1170. The normalized spacial score (nSPS) is 19.0. The quantitative estimate of drug-likeness (QED) is 0.523. The second kappa shape index (κ2) is 8.45. The zero-order valence-corrected chi connectivity index (χ0v) is 19.0. The second-order valence-electron chi connectivity index (χ2n) is 9.12. The van der Waals surface area contributed by atoms with Gasteiger partial charge in [-0.1, -0.05) is 11.6 Å². The number of likely N-dealkylation sites (tertiary alicyclic amines) is 1. The van der Waals surface area contributed by atoms with Gasteiger partial charge in [0, 0.05) is 22.3 Å². The molecule has 4 nitrogen and oxygen atoms in total. The number of fused-ring (bicyclic) bond motifs is 1. The molecule has 3 aromatic rings. The molecule has 0 spiro atoms. The van der Waals surface area contributed by atoms with Crippen LogP contribution in [0, 0.1) is 12.7 Å². The third kappa shape index (κ3) is 3.78. The molecule has 2 aliphatic rings. The van der Waals surface area contributed by atoms with E-state index in [-0.39, 0.29) is 11.7 Å². The Hall–Kier alpha value is -2.50. The first-order valence-electron chi connectivity index (χ1n) is 11.3. The molecule has 0 radical (unpaired) electrons. The standard InChI is InChI=1S/C26H27ClFN3O/c1-17-15-19(27)3-5-23(17)30-25(32)26(10-2-11-26)31-13-8-18(9-14-31)21-7-12-29-24-6-4-20(28)16-22(21)24/h3-7,12,15-16,18H,2,8-11,13-14H2,1H3,(H,30,32). The molecule has 0 unspecified atom stereocenters. The summed E-state index contributed by atoms with van der Waals surface area (Å²) >= 11 is 6.07. The van der Waals surface area contributed by atoms with E-state index in [9.17, 15) is 9.18 Å². The molecule has 2 fully saturated rings. The van der Waals surface area contributed by atoms with Crippen LogP contribution in [0.25, 0.3) is 10.9 Å². The molecule has 1 aliphatic heterocycles. The number of nitrogens with one attached hydrogen (secondary N) is 1. The van der Waals surface area contributed by atoms with Crippen LogP contribution in [0.1, 0.15) is 49.1 Å². The lowest BCUT2D eigenvalue weighted by molar-refractivity contribution is -0.135.